The summed E-state index contributed by atoms with van der Waals surface area (Å²) in [4.78, 5) is 2.29. The van der Waals surface area contributed by atoms with Crippen molar-refractivity contribution < 1.29 is 8.42 Å². The van der Waals surface area contributed by atoms with Crippen LogP contribution < -0.4 is 5.32 Å². The first kappa shape index (κ1) is 15.9. The Balaban J connectivity index is 2.26. The van der Waals surface area contributed by atoms with E-state index < -0.39 is 10.0 Å². The molecule has 0 amide bonds. The number of nitrogens with one attached hydrogen (secondary N) is 1. The molecule has 0 saturated carbocycles. The average molecular weight is 277 g/mol. The highest BCUT2D eigenvalue weighted by atomic mass is 32.2. The summed E-state index contributed by atoms with van der Waals surface area (Å²) in [5.74, 6) is 0.274. The lowest BCUT2D eigenvalue weighted by Crippen LogP contribution is -2.49. The summed E-state index contributed by atoms with van der Waals surface area (Å²) in [6.07, 6.45) is 1.79. The van der Waals surface area contributed by atoms with E-state index in [9.17, 15) is 8.42 Å². The van der Waals surface area contributed by atoms with Gasteiger partial charge in [-0.05, 0) is 32.5 Å². The van der Waals surface area contributed by atoms with Crippen molar-refractivity contribution >= 4 is 10.0 Å². The molecule has 108 valence electrons. The van der Waals surface area contributed by atoms with E-state index in [0.717, 1.165) is 39.1 Å². The first-order chi connectivity index (χ1) is 8.60. The number of rotatable bonds is 8. The van der Waals surface area contributed by atoms with Crippen molar-refractivity contribution in [1.82, 2.24) is 14.5 Å². The number of nitrogens with zero attached hydrogens (tertiary/aromatic N) is 2. The topological polar surface area (TPSA) is 52.7 Å². The zero-order chi connectivity index (χ0) is 13.4. The molecule has 5 nitrogen and oxygen atoms in total. The van der Waals surface area contributed by atoms with Crippen LogP contribution in [-0.2, 0) is 10.0 Å². The summed E-state index contributed by atoms with van der Waals surface area (Å²) in [6, 6.07) is 0. The minimum absolute atomic E-state index is 0.274. The fourth-order valence-corrected chi connectivity index (χ4v) is 3.62. The minimum Gasteiger partial charge on any atom is -0.317 e. The first-order valence-electron chi connectivity index (χ1n) is 7.01. The molecule has 1 saturated heterocycles. The maximum Gasteiger partial charge on any atom is 0.214 e. The molecule has 1 heterocycles. The Kier molecular flexibility index (Phi) is 7.14. The van der Waals surface area contributed by atoms with E-state index in [4.69, 9.17) is 0 Å². The summed E-state index contributed by atoms with van der Waals surface area (Å²) in [7, 11) is -3.04. The number of piperazine rings is 1. The molecule has 0 spiro atoms. The highest BCUT2D eigenvalue weighted by molar-refractivity contribution is 7.89. The minimum atomic E-state index is -3.04. The van der Waals surface area contributed by atoms with Gasteiger partial charge in [0.25, 0.3) is 0 Å². The molecule has 6 heteroatoms. The van der Waals surface area contributed by atoms with Crippen molar-refractivity contribution in [2.75, 3.05) is 51.6 Å². The van der Waals surface area contributed by atoms with E-state index in [1.165, 1.54) is 0 Å². The largest absolute Gasteiger partial charge is 0.317 e. The van der Waals surface area contributed by atoms with Gasteiger partial charge in [0.1, 0.15) is 0 Å². The monoisotopic (exact) mass is 277 g/mol. The van der Waals surface area contributed by atoms with Crippen LogP contribution in [-0.4, -0.2) is 69.2 Å². The predicted molar refractivity (Wildman–Crippen MR) is 75.3 cm³/mol. The molecule has 1 rings (SSSR count). The fraction of sp³-hybridized carbons (Fsp3) is 1.00. The quantitative estimate of drug-likeness (QED) is 0.650. The van der Waals surface area contributed by atoms with Crippen LogP contribution in [0.4, 0.5) is 0 Å². The molecule has 0 unspecified atom stereocenters. The lowest BCUT2D eigenvalue weighted by molar-refractivity contribution is 0.196. The number of likely N-dealkylation sites (N-methyl/N-ethyl adjacent to an activating group) is 1. The second kappa shape index (κ2) is 8.09. The highest BCUT2D eigenvalue weighted by Gasteiger charge is 2.25. The summed E-state index contributed by atoms with van der Waals surface area (Å²) >= 11 is 0. The third kappa shape index (κ3) is 5.22. The van der Waals surface area contributed by atoms with Gasteiger partial charge in [-0.1, -0.05) is 13.8 Å². The van der Waals surface area contributed by atoms with Gasteiger partial charge in [-0.25, -0.2) is 8.42 Å². The van der Waals surface area contributed by atoms with Gasteiger partial charge in [0.15, 0.2) is 0 Å². The molecule has 0 aliphatic carbocycles. The van der Waals surface area contributed by atoms with Gasteiger partial charge in [0.05, 0.1) is 5.75 Å². The van der Waals surface area contributed by atoms with E-state index in [1.807, 2.05) is 0 Å². The van der Waals surface area contributed by atoms with Gasteiger partial charge in [-0.2, -0.15) is 4.31 Å². The molecule has 0 bridgehead atoms. The maximum atomic E-state index is 12.1. The number of hydrogen-bond acceptors (Lipinski definition) is 4. The third-order valence-corrected chi connectivity index (χ3v) is 5.31. The Hall–Kier alpha value is -0.170. The van der Waals surface area contributed by atoms with Gasteiger partial charge in [-0.3, -0.25) is 0 Å². The van der Waals surface area contributed by atoms with Crippen LogP contribution in [0.3, 0.4) is 0 Å². The van der Waals surface area contributed by atoms with E-state index in [2.05, 4.69) is 24.1 Å². The Labute approximate surface area is 112 Å². The van der Waals surface area contributed by atoms with Crippen molar-refractivity contribution in [3.63, 3.8) is 0 Å². The van der Waals surface area contributed by atoms with Crippen LogP contribution in [0.25, 0.3) is 0 Å². The molecule has 1 fully saturated rings. The molecule has 1 N–H and O–H groups in total. The normalized spacial score (nSPS) is 19.2. The van der Waals surface area contributed by atoms with E-state index >= 15 is 0 Å². The molecule has 1 aliphatic heterocycles. The Morgan fingerprint density at radius 1 is 1.06 bits per heavy atom. The predicted octanol–water partition coefficient (Wildman–Crippen LogP) is 0.343. The van der Waals surface area contributed by atoms with Crippen LogP contribution in [0.15, 0.2) is 0 Å². The van der Waals surface area contributed by atoms with Gasteiger partial charge in [0, 0.05) is 26.2 Å². The molecule has 0 aromatic heterocycles. The van der Waals surface area contributed by atoms with Crippen molar-refractivity contribution in [2.24, 2.45) is 0 Å². The molecular weight excluding hydrogens is 250 g/mol. The van der Waals surface area contributed by atoms with E-state index in [0.29, 0.717) is 19.5 Å². The summed E-state index contributed by atoms with van der Waals surface area (Å²) in [5, 5.41) is 3.24. The van der Waals surface area contributed by atoms with Crippen molar-refractivity contribution in [1.29, 1.82) is 0 Å². The molecule has 1 aliphatic rings. The molecule has 0 aromatic carbocycles. The Morgan fingerprint density at radius 2 is 1.72 bits per heavy atom. The molecular formula is C12H27N3O2S. The second-order valence-electron chi connectivity index (χ2n) is 4.75. The Morgan fingerprint density at radius 3 is 2.28 bits per heavy atom. The summed E-state index contributed by atoms with van der Waals surface area (Å²) in [6.45, 7) is 10.0. The van der Waals surface area contributed by atoms with Crippen molar-refractivity contribution in [2.45, 2.75) is 26.7 Å². The standard InChI is InChI=1S/C12H27N3O2S/c1-3-6-13-7-5-12-18(16,17)15-10-8-14(4-2)9-11-15/h13H,3-12H2,1-2H3. The highest BCUT2D eigenvalue weighted by Crippen LogP contribution is 2.08. The van der Waals surface area contributed by atoms with Crippen LogP contribution in [0, 0.1) is 0 Å². The van der Waals surface area contributed by atoms with Crippen LogP contribution in [0.1, 0.15) is 26.7 Å². The number of hydrogen-bond donors (Lipinski definition) is 1. The molecule has 0 aromatic rings. The molecule has 0 atom stereocenters. The lowest BCUT2D eigenvalue weighted by atomic mass is 10.4. The van der Waals surface area contributed by atoms with Gasteiger partial charge in [0.2, 0.25) is 10.0 Å². The fourth-order valence-electron chi connectivity index (χ4n) is 2.13. The number of sulfonamides is 1. The summed E-state index contributed by atoms with van der Waals surface area (Å²) in [5.41, 5.74) is 0. The van der Waals surface area contributed by atoms with Gasteiger partial charge < -0.3 is 10.2 Å². The maximum absolute atomic E-state index is 12.1. The summed E-state index contributed by atoms with van der Waals surface area (Å²) < 4.78 is 25.8. The zero-order valence-electron chi connectivity index (χ0n) is 11.7. The van der Waals surface area contributed by atoms with Gasteiger partial charge >= 0.3 is 0 Å². The van der Waals surface area contributed by atoms with E-state index in [1.54, 1.807) is 4.31 Å². The van der Waals surface area contributed by atoms with Crippen molar-refractivity contribution in [3.8, 4) is 0 Å². The zero-order valence-corrected chi connectivity index (χ0v) is 12.5. The smallest absolute Gasteiger partial charge is 0.214 e. The van der Waals surface area contributed by atoms with Crippen LogP contribution in [0.5, 0.6) is 0 Å². The SMILES string of the molecule is CCCNCCCS(=O)(=O)N1CCN(CC)CC1. The first-order valence-corrected chi connectivity index (χ1v) is 8.62. The van der Waals surface area contributed by atoms with Crippen LogP contribution in [0.2, 0.25) is 0 Å². The average Bonchev–Trinajstić information content (AvgIpc) is 2.38. The van der Waals surface area contributed by atoms with Crippen LogP contribution >= 0.6 is 0 Å². The van der Waals surface area contributed by atoms with Gasteiger partial charge in [-0.15, -0.1) is 0 Å². The second-order valence-corrected chi connectivity index (χ2v) is 6.84. The van der Waals surface area contributed by atoms with E-state index in [-0.39, 0.29) is 5.75 Å². The molecule has 18 heavy (non-hydrogen) atoms. The Bertz CT molecular complexity index is 311. The molecule has 0 radical (unpaired) electrons. The lowest BCUT2D eigenvalue weighted by Gasteiger charge is -2.33. The third-order valence-electron chi connectivity index (χ3n) is 3.35. The van der Waals surface area contributed by atoms with Crippen molar-refractivity contribution in [3.05, 3.63) is 0 Å².